The van der Waals surface area contributed by atoms with E-state index >= 15 is 0 Å². The average Bonchev–Trinajstić information content (AvgIpc) is 3.18. The maximum absolute atomic E-state index is 11.3. The van der Waals surface area contributed by atoms with Gasteiger partial charge in [-0.1, -0.05) is 0 Å². The Balaban J connectivity index is 1.92. The van der Waals surface area contributed by atoms with Gasteiger partial charge in [0.1, 0.15) is 0 Å². The minimum Gasteiger partial charge on any atom is -0.369 e. The Morgan fingerprint density at radius 1 is 1.38 bits per heavy atom. The Labute approximate surface area is 121 Å². The second kappa shape index (κ2) is 5.35. The first kappa shape index (κ1) is 13.3. The first-order chi connectivity index (χ1) is 10.2. The number of aromatic nitrogens is 5. The van der Waals surface area contributed by atoms with Gasteiger partial charge in [0, 0.05) is 32.5 Å². The lowest BCUT2D eigenvalue weighted by Gasteiger charge is -2.17. The van der Waals surface area contributed by atoms with Gasteiger partial charge in [0.05, 0.1) is 5.92 Å². The molecule has 0 spiro atoms. The van der Waals surface area contributed by atoms with E-state index in [2.05, 4.69) is 25.4 Å². The van der Waals surface area contributed by atoms with Crippen molar-refractivity contribution in [3.05, 3.63) is 18.5 Å². The van der Waals surface area contributed by atoms with Gasteiger partial charge in [0.2, 0.25) is 17.8 Å². The Bertz CT molecular complexity index is 641. The fraction of sp³-hybridized carbons (Fsp3) is 0.417. The van der Waals surface area contributed by atoms with Gasteiger partial charge in [0.25, 0.3) is 5.95 Å². The van der Waals surface area contributed by atoms with Gasteiger partial charge in [-0.2, -0.15) is 20.1 Å². The van der Waals surface area contributed by atoms with Gasteiger partial charge in [-0.3, -0.25) is 4.79 Å². The zero-order valence-electron chi connectivity index (χ0n) is 11.6. The lowest BCUT2D eigenvalue weighted by molar-refractivity contribution is -0.121. The highest BCUT2D eigenvalue weighted by atomic mass is 16.1. The van der Waals surface area contributed by atoms with Crippen molar-refractivity contribution in [2.24, 2.45) is 11.7 Å². The summed E-state index contributed by atoms with van der Waals surface area (Å²) >= 11 is 0. The van der Waals surface area contributed by atoms with Crippen LogP contribution in [0.25, 0.3) is 5.95 Å². The first-order valence-corrected chi connectivity index (χ1v) is 6.65. The second-order valence-corrected chi connectivity index (χ2v) is 4.79. The molecule has 3 rings (SSSR count). The fourth-order valence-electron chi connectivity index (χ4n) is 2.27. The van der Waals surface area contributed by atoms with Gasteiger partial charge >= 0.3 is 0 Å². The highest BCUT2D eigenvalue weighted by molar-refractivity contribution is 5.78. The molecule has 0 aliphatic carbocycles. The molecular weight excluding hydrogens is 272 g/mol. The number of amides is 1. The van der Waals surface area contributed by atoms with E-state index in [0.717, 1.165) is 0 Å². The number of nitrogens with one attached hydrogen (secondary N) is 1. The predicted octanol–water partition coefficient (Wildman–Crippen LogP) is -0.589. The minimum absolute atomic E-state index is 0.159. The summed E-state index contributed by atoms with van der Waals surface area (Å²) in [6.07, 6.45) is 4.13. The first-order valence-electron chi connectivity index (χ1n) is 6.65. The molecule has 1 unspecified atom stereocenters. The molecule has 21 heavy (non-hydrogen) atoms. The molecule has 0 saturated carbocycles. The van der Waals surface area contributed by atoms with Crippen LogP contribution in [0.3, 0.4) is 0 Å². The summed E-state index contributed by atoms with van der Waals surface area (Å²) in [7, 11) is 1.74. The summed E-state index contributed by atoms with van der Waals surface area (Å²) in [6.45, 7) is 1.22. The van der Waals surface area contributed by atoms with Crippen LogP contribution in [-0.4, -0.2) is 50.8 Å². The van der Waals surface area contributed by atoms with Gasteiger partial charge in [-0.15, -0.1) is 0 Å². The molecular formula is C12H16N8O. The molecule has 9 nitrogen and oxygen atoms in total. The van der Waals surface area contributed by atoms with E-state index in [1.807, 2.05) is 4.90 Å². The lowest BCUT2D eigenvalue weighted by atomic mass is 10.1. The Morgan fingerprint density at radius 2 is 2.19 bits per heavy atom. The van der Waals surface area contributed by atoms with Crippen molar-refractivity contribution in [3.8, 4) is 5.95 Å². The molecule has 0 radical (unpaired) electrons. The van der Waals surface area contributed by atoms with E-state index in [-0.39, 0.29) is 11.8 Å². The maximum Gasteiger partial charge on any atom is 0.257 e. The van der Waals surface area contributed by atoms with Crippen molar-refractivity contribution in [1.29, 1.82) is 0 Å². The summed E-state index contributed by atoms with van der Waals surface area (Å²) < 4.78 is 1.56. The molecule has 1 atom stereocenters. The largest absolute Gasteiger partial charge is 0.369 e. The quantitative estimate of drug-likeness (QED) is 0.772. The molecule has 1 amide bonds. The fourth-order valence-corrected chi connectivity index (χ4v) is 2.27. The molecule has 3 N–H and O–H groups in total. The highest BCUT2D eigenvalue weighted by Gasteiger charge is 2.28. The number of carbonyl (C=O) groups is 1. The number of carbonyl (C=O) groups excluding carboxylic acids is 1. The highest BCUT2D eigenvalue weighted by Crippen LogP contribution is 2.21. The molecule has 1 aliphatic rings. The Morgan fingerprint density at radius 3 is 2.81 bits per heavy atom. The van der Waals surface area contributed by atoms with Crippen LogP contribution in [0.5, 0.6) is 0 Å². The minimum atomic E-state index is -0.285. The zero-order chi connectivity index (χ0) is 14.8. The van der Waals surface area contributed by atoms with Crippen LogP contribution in [0.2, 0.25) is 0 Å². The molecule has 0 aromatic carbocycles. The van der Waals surface area contributed by atoms with Crippen LogP contribution in [0.1, 0.15) is 6.42 Å². The SMILES string of the molecule is CNc1nc(N2CCC(C(N)=O)C2)nc(-n2cccn2)n1. The predicted molar refractivity (Wildman–Crippen MR) is 76.0 cm³/mol. The van der Waals surface area contributed by atoms with E-state index in [4.69, 9.17) is 5.73 Å². The van der Waals surface area contributed by atoms with Crippen molar-refractivity contribution in [2.75, 3.05) is 30.4 Å². The normalized spacial score (nSPS) is 18.0. The summed E-state index contributed by atoms with van der Waals surface area (Å²) in [5.41, 5.74) is 5.36. The molecule has 1 aliphatic heterocycles. The van der Waals surface area contributed by atoms with Crippen LogP contribution < -0.4 is 16.0 Å². The maximum atomic E-state index is 11.3. The second-order valence-electron chi connectivity index (χ2n) is 4.79. The number of rotatable bonds is 4. The lowest BCUT2D eigenvalue weighted by Crippen LogP contribution is -2.28. The standard InChI is InChI=1S/C12H16N8O/c1-14-10-16-11(19-6-3-8(7-19)9(13)21)18-12(17-10)20-5-2-4-15-20/h2,4-5,8H,3,6-7H2,1H3,(H2,13,21)(H,14,16,17,18). The molecule has 110 valence electrons. The summed E-state index contributed by atoms with van der Waals surface area (Å²) in [5, 5.41) is 7.02. The van der Waals surface area contributed by atoms with Crippen LogP contribution in [0, 0.1) is 5.92 Å². The van der Waals surface area contributed by atoms with E-state index in [1.54, 1.807) is 30.2 Å². The third-order valence-corrected chi connectivity index (χ3v) is 3.42. The number of anilines is 2. The monoisotopic (exact) mass is 288 g/mol. The third-order valence-electron chi connectivity index (χ3n) is 3.42. The Kier molecular flexibility index (Phi) is 3.38. The number of nitrogens with two attached hydrogens (primary N) is 1. The van der Waals surface area contributed by atoms with E-state index in [1.165, 1.54) is 0 Å². The van der Waals surface area contributed by atoms with Crippen molar-refractivity contribution in [2.45, 2.75) is 6.42 Å². The molecule has 2 aromatic heterocycles. The number of hydrogen-bond acceptors (Lipinski definition) is 7. The van der Waals surface area contributed by atoms with Crippen molar-refractivity contribution < 1.29 is 4.79 Å². The molecule has 1 fully saturated rings. The van der Waals surface area contributed by atoms with Gasteiger partial charge < -0.3 is 16.0 Å². The van der Waals surface area contributed by atoms with E-state index in [9.17, 15) is 4.79 Å². The molecule has 2 aromatic rings. The van der Waals surface area contributed by atoms with Crippen LogP contribution in [0.15, 0.2) is 18.5 Å². The van der Waals surface area contributed by atoms with Crippen LogP contribution in [-0.2, 0) is 4.79 Å². The van der Waals surface area contributed by atoms with Crippen molar-refractivity contribution >= 4 is 17.8 Å². The molecule has 3 heterocycles. The molecule has 1 saturated heterocycles. The van der Waals surface area contributed by atoms with E-state index < -0.39 is 0 Å². The Hall–Kier alpha value is -2.71. The van der Waals surface area contributed by atoms with Crippen molar-refractivity contribution in [3.63, 3.8) is 0 Å². The summed E-state index contributed by atoms with van der Waals surface area (Å²) in [6, 6.07) is 1.79. The van der Waals surface area contributed by atoms with Gasteiger partial charge in [-0.25, -0.2) is 4.68 Å². The third kappa shape index (κ3) is 2.62. The summed E-state index contributed by atoms with van der Waals surface area (Å²) in [4.78, 5) is 26.2. The number of primary amides is 1. The zero-order valence-corrected chi connectivity index (χ0v) is 11.6. The molecule has 9 heteroatoms. The van der Waals surface area contributed by atoms with E-state index in [0.29, 0.717) is 37.4 Å². The smallest absolute Gasteiger partial charge is 0.257 e. The van der Waals surface area contributed by atoms with Gasteiger partial charge in [-0.05, 0) is 12.5 Å². The molecule has 0 bridgehead atoms. The van der Waals surface area contributed by atoms with Gasteiger partial charge in [0.15, 0.2) is 0 Å². The van der Waals surface area contributed by atoms with Crippen molar-refractivity contribution in [1.82, 2.24) is 24.7 Å². The summed E-state index contributed by atoms with van der Waals surface area (Å²) in [5.74, 6) is 0.953. The average molecular weight is 288 g/mol. The topological polar surface area (TPSA) is 115 Å². The number of nitrogens with zero attached hydrogens (tertiary/aromatic N) is 6. The number of hydrogen-bond donors (Lipinski definition) is 2. The van der Waals surface area contributed by atoms with Crippen LogP contribution in [0.4, 0.5) is 11.9 Å². The van der Waals surface area contributed by atoms with Crippen LogP contribution >= 0.6 is 0 Å².